The third kappa shape index (κ3) is 11.0. The number of hydrogen-bond acceptors (Lipinski definition) is 10. The third-order valence-corrected chi connectivity index (χ3v) is 15.2. The van der Waals surface area contributed by atoms with Crippen molar-refractivity contribution < 1.29 is 27.9 Å². The van der Waals surface area contributed by atoms with Crippen molar-refractivity contribution in [2.45, 2.75) is 114 Å². The molecule has 17 heteroatoms. The number of imidazole rings is 1. The Morgan fingerprint density at radius 1 is 0.928 bits per heavy atom. The molecule has 2 atom stereocenters. The van der Waals surface area contributed by atoms with Crippen LogP contribution in [0.2, 0.25) is 5.02 Å². The summed E-state index contributed by atoms with van der Waals surface area (Å²) in [4.78, 5) is 54.0. The number of ether oxygens (including phenoxy) is 1. The summed E-state index contributed by atoms with van der Waals surface area (Å²) in [7, 11) is 3.29. The molecule has 2 unspecified atom stereocenters. The molecular weight excluding hydrogens is 902 g/mol. The van der Waals surface area contributed by atoms with Gasteiger partial charge in [0.1, 0.15) is 17.3 Å². The Hall–Kier alpha value is -5.71. The number of hydrogen-bond donors (Lipinski definition) is 5. The molecule has 0 radical (unpaired) electrons. The van der Waals surface area contributed by atoms with Crippen LogP contribution in [0.1, 0.15) is 116 Å². The second kappa shape index (κ2) is 20.7. The number of alkyl halides is 2. The molecule has 10 rings (SSSR count). The van der Waals surface area contributed by atoms with Gasteiger partial charge < -0.3 is 25.3 Å². The van der Waals surface area contributed by atoms with Gasteiger partial charge in [0.05, 0.1) is 42.2 Å². The number of halogens is 3. The van der Waals surface area contributed by atoms with Gasteiger partial charge in [0, 0.05) is 68.7 Å². The predicted octanol–water partition coefficient (Wildman–Crippen LogP) is 8.09. The van der Waals surface area contributed by atoms with Crippen molar-refractivity contribution in [1.82, 2.24) is 40.7 Å². The maximum atomic E-state index is 16.0. The molecule has 5 N–H and O–H groups in total. The van der Waals surface area contributed by atoms with Crippen molar-refractivity contribution in [1.29, 1.82) is 5.41 Å². The highest BCUT2D eigenvalue weighted by molar-refractivity contribution is 6.32. The van der Waals surface area contributed by atoms with Gasteiger partial charge in [-0.25, -0.2) is 13.8 Å². The van der Waals surface area contributed by atoms with Crippen molar-refractivity contribution in [3.63, 3.8) is 0 Å². The fourth-order valence-corrected chi connectivity index (χ4v) is 11.1. The number of benzene rings is 2. The highest BCUT2D eigenvalue weighted by Crippen LogP contribution is 2.47. The number of aromatic nitrogens is 3. The molecule has 3 amide bonds. The van der Waals surface area contributed by atoms with Gasteiger partial charge >= 0.3 is 0 Å². The van der Waals surface area contributed by atoms with E-state index in [1.54, 1.807) is 32.4 Å². The van der Waals surface area contributed by atoms with Crippen LogP contribution < -0.4 is 25.6 Å². The summed E-state index contributed by atoms with van der Waals surface area (Å²) in [6.07, 6.45) is 17.0. The second-order valence-electron chi connectivity index (χ2n) is 19.6. The fraction of sp³-hybridized carbons (Fsp3) is 0.500. The normalized spacial score (nSPS) is 22.6. The first-order valence-corrected chi connectivity index (χ1v) is 24.9. The van der Waals surface area contributed by atoms with E-state index in [1.807, 2.05) is 57.2 Å². The molecule has 69 heavy (non-hydrogen) atoms. The predicted molar refractivity (Wildman–Crippen MR) is 263 cm³/mol. The van der Waals surface area contributed by atoms with Crippen LogP contribution in [0, 0.1) is 10.8 Å². The molecule has 6 heterocycles. The summed E-state index contributed by atoms with van der Waals surface area (Å²) in [6.45, 7) is 2.67. The lowest BCUT2D eigenvalue weighted by atomic mass is 9.67. The van der Waals surface area contributed by atoms with Gasteiger partial charge in [-0.2, -0.15) is 0 Å². The fourth-order valence-electron chi connectivity index (χ4n) is 10.8. The van der Waals surface area contributed by atoms with E-state index < -0.39 is 17.9 Å². The number of amidine groups is 1. The average Bonchev–Trinajstić information content (AvgIpc) is 4.03. The zero-order valence-corrected chi connectivity index (χ0v) is 40.3. The first kappa shape index (κ1) is 48.3. The zero-order chi connectivity index (χ0) is 48.3. The Balaban J connectivity index is 0.00000190. The van der Waals surface area contributed by atoms with Gasteiger partial charge in [0.25, 0.3) is 11.8 Å². The van der Waals surface area contributed by atoms with E-state index in [0.717, 1.165) is 73.0 Å². The third-order valence-electron chi connectivity index (χ3n) is 14.9. The van der Waals surface area contributed by atoms with E-state index in [9.17, 15) is 14.4 Å². The maximum Gasteiger partial charge on any atom is 0.275 e. The van der Waals surface area contributed by atoms with Gasteiger partial charge in [0.2, 0.25) is 11.8 Å². The number of anilines is 1. The summed E-state index contributed by atoms with van der Waals surface area (Å²) >= 11 is 6.60. The number of carbonyl (C=O) groups excluding carboxylic acids is 3. The monoisotopic (exact) mass is 964 g/mol. The quantitative estimate of drug-likeness (QED) is 0.0563. The Labute approximate surface area is 407 Å². The molecule has 2 aromatic heterocycles. The molecule has 3 saturated heterocycles. The summed E-state index contributed by atoms with van der Waals surface area (Å²) < 4.78 is 38.4. The lowest BCUT2D eigenvalue weighted by Gasteiger charge is -2.50. The number of carbonyl (C=O) groups is 3. The van der Waals surface area contributed by atoms with Crippen molar-refractivity contribution in [3.05, 3.63) is 100 Å². The molecule has 366 valence electrons. The van der Waals surface area contributed by atoms with E-state index in [-0.39, 0.29) is 48.0 Å². The minimum Gasteiger partial charge on any atom is -0.490 e. The maximum absolute atomic E-state index is 16.0. The van der Waals surface area contributed by atoms with Crippen molar-refractivity contribution in [3.8, 4) is 17.0 Å². The van der Waals surface area contributed by atoms with Crippen LogP contribution in [0.3, 0.4) is 0 Å². The minimum atomic E-state index is -2.84. The van der Waals surface area contributed by atoms with Crippen LogP contribution in [0.4, 0.5) is 14.5 Å². The standard InChI is InChI=1S/C49H57ClF2N10O4.C3H6/c1-54-39(45-57-27-40(58-45)47(65)55-2)25-43(53)62-21-14-35-34(4-3-5-41(35)62)38-10-6-30(26-56-38)28-60-20-15-42(49(51,52)29-60)61-22-18-48(19-23-61)16-12-31(13-17-48)66-32-7-8-33(37(50)24-32)36-9-11-44(63)59-46(36)64;1-2-3-1/h3-8,10,24-27,31,36,42,53-54H,9,11-23,28-29H2,1-2H3,(H,55,65)(H,57,58)(H,59,63,64);1-3H2/b39-25+,53-43?;. The molecule has 5 fully saturated rings. The number of amides is 3. The SMILES string of the molecule is C1CC1.CNC(=O)c1cnc(/C(=C\C(=N)N2CCc3c(-c4ccc(CN5CCC(N6CCC7(CCC(Oc8ccc(C9CCC(=O)NC9=O)c(Cl)c8)CC7)CC6)C(F)(F)C5)cn4)cccc32)NC)[nH]1. The molecule has 6 aliphatic rings. The van der Waals surface area contributed by atoms with Gasteiger partial charge in [-0.3, -0.25) is 39.9 Å². The topological polar surface area (TPSA) is 172 Å². The van der Waals surface area contributed by atoms with Gasteiger partial charge in [-0.15, -0.1) is 0 Å². The number of fused-ring (bicyclic) bond motifs is 1. The highest BCUT2D eigenvalue weighted by Gasteiger charge is 2.49. The number of pyridine rings is 1. The minimum absolute atomic E-state index is 0.0431. The van der Waals surface area contributed by atoms with E-state index in [1.165, 1.54) is 25.5 Å². The lowest BCUT2D eigenvalue weighted by molar-refractivity contribution is -0.139. The van der Waals surface area contributed by atoms with Gasteiger partial charge in [0.15, 0.2) is 5.82 Å². The molecule has 2 saturated carbocycles. The van der Waals surface area contributed by atoms with E-state index in [0.29, 0.717) is 79.1 Å². The Kier molecular flexibility index (Phi) is 14.5. The molecule has 1 spiro atoms. The molecule has 4 aromatic rings. The molecule has 0 bridgehead atoms. The smallest absolute Gasteiger partial charge is 0.275 e. The Bertz CT molecular complexity index is 2560. The molecule has 2 aromatic carbocycles. The Morgan fingerprint density at radius 2 is 1.71 bits per heavy atom. The zero-order valence-electron chi connectivity index (χ0n) is 39.5. The lowest BCUT2D eigenvalue weighted by Crippen LogP contribution is -2.60. The summed E-state index contributed by atoms with van der Waals surface area (Å²) in [5.74, 6) is -2.76. The van der Waals surface area contributed by atoms with E-state index in [2.05, 4.69) is 25.9 Å². The second-order valence-corrected chi connectivity index (χ2v) is 20.0. The number of aromatic amines is 1. The average molecular weight is 966 g/mol. The van der Waals surface area contributed by atoms with Crippen LogP contribution in [0.25, 0.3) is 17.0 Å². The number of piperidine rings is 3. The van der Waals surface area contributed by atoms with Crippen LogP contribution in [-0.2, 0) is 22.6 Å². The van der Waals surface area contributed by atoms with Gasteiger partial charge in [-0.05, 0) is 117 Å². The molecular formula is C52H63ClF2N10O4. The number of H-pyrrole nitrogens is 1. The molecule has 4 aliphatic heterocycles. The first-order valence-electron chi connectivity index (χ1n) is 24.6. The van der Waals surface area contributed by atoms with E-state index >= 15 is 8.78 Å². The molecule has 2 aliphatic carbocycles. The summed E-state index contributed by atoms with van der Waals surface area (Å²) in [6, 6.07) is 14.6. The number of imide groups is 1. The van der Waals surface area contributed by atoms with Crippen LogP contribution >= 0.6 is 11.6 Å². The number of rotatable bonds is 11. The van der Waals surface area contributed by atoms with Crippen molar-refractivity contribution >= 4 is 46.5 Å². The largest absolute Gasteiger partial charge is 0.490 e. The summed E-state index contributed by atoms with van der Waals surface area (Å²) in [5.41, 5.74) is 6.42. The number of nitrogens with one attached hydrogen (secondary N) is 5. The van der Waals surface area contributed by atoms with Gasteiger partial charge in [-0.1, -0.05) is 55.1 Å². The van der Waals surface area contributed by atoms with Crippen molar-refractivity contribution in [2.75, 3.05) is 51.7 Å². The number of nitrogens with zero attached hydrogens (tertiary/aromatic N) is 5. The van der Waals surface area contributed by atoms with Crippen molar-refractivity contribution in [2.24, 2.45) is 5.41 Å². The van der Waals surface area contributed by atoms with Crippen LogP contribution in [0.15, 0.2) is 67.0 Å². The summed E-state index contributed by atoms with van der Waals surface area (Å²) in [5, 5.41) is 17.5. The van der Waals surface area contributed by atoms with Crippen LogP contribution in [-0.4, -0.2) is 113 Å². The highest BCUT2D eigenvalue weighted by atomic mass is 35.5. The number of likely N-dealkylation sites (tertiary alicyclic amines) is 2. The Morgan fingerprint density at radius 3 is 2.38 bits per heavy atom. The van der Waals surface area contributed by atoms with E-state index in [4.69, 9.17) is 26.7 Å². The first-order chi connectivity index (χ1) is 33.3. The van der Waals surface area contributed by atoms with Crippen LogP contribution in [0.5, 0.6) is 5.75 Å². The molecule has 14 nitrogen and oxygen atoms in total.